The van der Waals surface area contributed by atoms with Crippen molar-refractivity contribution in [1.29, 1.82) is 0 Å². The van der Waals surface area contributed by atoms with Crippen LogP contribution >= 0.6 is 0 Å². The number of sulfonamides is 1. The zero-order chi connectivity index (χ0) is 28.7. The summed E-state index contributed by atoms with van der Waals surface area (Å²) in [5.74, 6) is -1.77. The van der Waals surface area contributed by atoms with Gasteiger partial charge in [0.1, 0.15) is 18.4 Å². The maximum absolute atomic E-state index is 15.0. The van der Waals surface area contributed by atoms with Crippen molar-refractivity contribution in [3.05, 3.63) is 95.3 Å². The molecule has 3 aromatic carbocycles. The molecule has 0 heterocycles. The zero-order valence-corrected chi connectivity index (χ0v) is 23.8. The summed E-state index contributed by atoms with van der Waals surface area (Å²) in [7, 11) is -4.33. The first-order chi connectivity index (χ1) is 18.4. The van der Waals surface area contributed by atoms with Crippen LogP contribution in [0.1, 0.15) is 43.9 Å². The van der Waals surface area contributed by atoms with E-state index in [-0.39, 0.29) is 29.1 Å². The normalized spacial score (nSPS) is 12.9. The molecule has 0 aromatic heterocycles. The number of carbonyl (C=O) groups excluding carboxylic acids is 2. The summed E-state index contributed by atoms with van der Waals surface area (Å²) in [4.78, 5) is 28.3. The Bertz CT molecular complexity index is 1410. The van der Waals surface area contributed by atoms with E-state index in [1.165, 1.54) is 35.2 Å². The fraction of sp³-hybridized carbons (Fsp3) is 0.333. The van der Waals surface area contributed by atoms with Crippen molar-refractivity contribution >= 4 is 27.5 Å². The van der Waals surface area contributed by atoms with Crippen molar-refractivity contribution in [1.82, 2.24) is 10.2 Å². The van der Waals surface area contributed by atoms with Gasteiger partial charge in [-0.15, -0.1) is 0 Å². The molecule has 1 N–H and O–H groups in total. The van der Waals surface area contributed by atoms with Crippen LogP contribution in [0.5, 0.6) is 0 Å². The Morgan fingerprint density at radius 3 is 2.15 bits per heavy atom. The standard InChI is InChI=1S/C30H36FN3O4S/c1-6-23(4)32-30(36)24(5)33(19-25-12-8-7-11-22(25)3)29(35)20-34(28-14-10-9-13-27(28)31)39(37,38)26-17-15-21(2)16-18-26/h7-18,23-24H,6,19-20H2,1-5H3,(H,32,36)/t23-,24+/m0/s1. The van der Waals surface area contributed by atoms with Gasteiger partial charge >= 0.3 is 0 Å². The van der Waals surface area contributed by atoms with E-state index in [2.05, 4.69) is 5.32 Å². The Morgan fingerprint density at radius 1 is 0.923 bits per heavy atom. The molecule has 3 rings (SSSR count). The van der Waals surface area contributed by atoms with Crippen LogP contribution in [0.2, 0.25) is 0 Å². The van der Waals surface area contributed by atoms with Crippen molar-refractivity contribution in [2.75, 3.05) is 10.8 Å². The number of amides is 2. The minimum atomic E-state index is -4.33. The zero-order valence-electron chi connectivity index (χ0n) is 23.0. The van der Waals surface area contributed by atoms with E-state index in [1.54, 1.807) is 19.1 Å². The number of aryl methyl sites for hydroxylation is 2. The van der Waals surface area contributed by atoms with Crippen LogP contribution in [0.25, 0.3) is 0 Å². The van der Waals surface area contributed by atoms with Gasteiger partial charge in [-0.2, -0.15) is 0 Å². The van der Waals surface area contributed by atoms with Gasteiger partial charge in [0.05, 0.1) is 10.6 Å². The first-order valence-corrected chi connectivity index (χ1v) is 14.4. The Balaban J connectivity index is 2.05. The van der Waals surface area contributed by atoms with Crippen molar-refractivity contribution in [2.45, 2.75) is 64.6 Å². The molecular formula is C30H36FN3O4S. The van der Waals surface area contributed by atoms with Crippen LogP contribution in [0, 0.1) is 19.7 Å². The lowest BCUT2D eigenvalue weighted by Crippen LogP contribution is -2.52. The summed E-state index contributed by atoms with van der Waals surface area (Å²) in [6, 6.07) is 18.0. The highest BCUT2D eigenvalue weighted by atomic mass is 32.2. The monoisotopic (exact) mass is 553 g/mol. The second kappa shape index (κ2) is 12.9. The number of nitrogens with one attached hydrogen (secondary N) is 1. The lowest BCUT2D eigenvalue weighted by molar-refractivity contribution is -0.139. The van der Waals surface area contributed by atoms with Gasteiger partial charge in [-0.05, 0) is 69.5 Å². The smallest absolute Gasteiger partial charge is 0.264 e. The summed E-state index contributed by atoms with van der Waals surface area (Å²) in [6.45, 7) is 8.52. The van der Waals surface area contributed by atoms with E-state index < -0.39 is 34.3 Å². The molecule has 39 heavy (non-hydrogen) atoms. The SMILES string of the molecule is CC[C@H](C)NC(=O)[C@@H](C)N(Cc1ccccc1C)C(=O)CN(c1ccccc1F)S(=O)(=O)c1ccc(C)cc1. The van der Waals surface area contributed by atoms with Crippen LogP contribution < -0.4 is 9.62 Å². The van der Waals surface area contributed by atoms with Crippen LogP contribution in [-0.4, -0.2) is 43.8 Å². The fourth-order valence-electron chi connectivity index (χ4n) is 4.02. The van der Waals surface area contributed by atoms with E-state index in [0.717, 1.165) is 27.1 Å². The van der Waals surface area contributed by atoms with Gasteiger partial charge in [0.2, 0.25) is 11.8 Å². The first-order valence-electron chi connectivity index (χ1n) is 12.9. The van der Waals surface area contributed by atoms with Gasteiger partial charge in [-0.1, -0.05) is 61.0 Å². The van der Waals surface area contributed by atoms with E-state index >= 15 is 0 Å². The average Bonchev–Trinajstić information content (AvgIpc) is 2.91. The Morgan fingerprint density at radius 2 is 1.54 bits per heavy atom. The molecule has 0 radical (unpaired) electrons. The first kappa shape index (κ1) is 29.8. The van der Waals surface area contributed by atoms with E-state index in [0.29, 0.717) is 6.42 Å². The number of benzene rings is 3. The number of hydrogen-bond acceptors (Lipinski definition) is 4. The predicted molar refractivity (Wildman–Crippen MR) is 151 cm³/mol. The molecule has 0 unspecified atom stereocenters. The molecule has 2 amide bonds. The number of hydrogen-bond donors (Lipinski definition) is 1. The quantitative estimate of drug-likeness (QED) is 0.363. The lowest BCUT2D eigenvalue weighted by Gasteiger charge is -2.32. The number of nitrogens with zero attached hydrogens (tertiary/aromatic N) is 2. The predicted octanol–water partition coefficient (Wildman–Crippen LogP) is 4.97. The van der Waals surface area contributed by atoms with Gasteiger partial charge in [0.25, 0.3) is 10.0 Å². The average molecular weight is 554 g/mol. The highest BCUT2D eigenvalue weighted by molar-refractivity contribution is 7.92. The Hall–Kier alpha value is -3.72. The Labute approximate surface area is 230 Å². The number of carbonyl (C=O) groups is 2. The molecule has 0 aliphatic rings. The highest BCUT2D eigenvalue weighted by Gasteiger charge is 2.34. The van der Waals surface area contributed by atoms with Crippen LogP contribution in [0.3, 0.4) is 0 Å². The summed E-state index contributed by atoms with van der Waals surface area (Å²) in [6.07, 6.45) is 0.708. The van der Waals surface area contributed by atoms with Crippen molar-refractivity contribution in [3.63, 3.8) is 0 Å². The molecule has 0 bridgehead atoms. The number of para-hydroxylation sites is 1. The maximum Gasteiger partial charge on any atom is 0.264 e. The van der Waals surface area contributed by atoms with Gasteiger partial charge < -0.3 is 10.2 Å². The fourth-order valence-corrected chi connectivity index (χ4v) is 5.45. The molecule has 0 aliphatic heterocycles. The second-order valence-corrected chi connectivity index (χ2v) is 11.6. The summed E-state index contributed by atoms with van der Waals surface area (Å²) < 4.78 is 43.3. The molecule has 0 saturated carbocycles. The van der Waals surface area contributed by atoms with Crippen molar-refractivity contribution < 1.29 is 22.4 Å². The molecule has 2 atom stereocenters. The summed E-state index contributed by atoms with van der Waals surface area (Å²) in [5.41, 5.74) is 2.34. The minimum Gasteiger partial charge on any atom is -0.352 e. The summed E-state index contributed by atoms with van der Waals surface area (Å²) in [5, 5.41) is 2.90. The molecule has 208 valence electrons. The molecule has 0 aliphatic carbocycles. The van der Waals surface area contributed by atoms with Gasteiger partial charge in [0, 0.05) is 12.6 Å². The molecule has 7 nitrogen and oxygen atoms in total. The Kier molecular flexibility index (Phi) is 9.86. The number of anilines is 1. The molecule has 9 heteroatoms. The van der Waals surface area contributed by atoms with Crippen LogP contribution in [-0.2, 0) is 26.2 Å². The molecular weight excluding hydrogens is 517 g/mol. The third kappa shape index (κ3) is 7.23. The van der Waals surface area contributed by atoms with Gasteiger partial charge in [-0.25, -0.2) is 12.8 Å². The second-order valence-electron chi connectivity index (χ2n) is 9.72. The minimum absolute atomic E-state index is 0.0721. The van der Waals surface area contributed by atoms with Crippen molar-refractivity contribution in [3.8, 4) is 0 Å². The number of rotatable bonds is 11. The highest BCUT2D eigenvalue weighted by Crippen LogP contribution is 2.27. The molecule has 0 fully saturated rings. The van der Waals surface area contributed by atoms with Crippen LogP contribution in [0.15, 0.2) is 77.7 Å². The van der Waals surface area contributed by atoms with Gasteiger partial charge in [-0.3, -0.25) is 13.9 Å². The topological polar surface area (TPSA) is 86.8 Å². The van der Waals surface area contributed by atoms with E-state index in [9.17, 15) is 22.4 Å². The van der Waals surface area contributed by atoms with E-state index in [4.69, 9.17) is 0 Å². The molecule has 0 saturated heterocycles. The third-order valence-corrected chi connectivity index (χ3v) is 8.55. The van der Waals surface area contributed by atoms with Crippen LogP contribution in [0.4, 0.5) is 10.1 Å². The molecule has 3 aromatic rings. The van der Waals surface area contributed by atoms with E-state index in [1.807, 2.05) is 52.0 Å². The lowest BCUT2D eigenvalue weighted by atomic mass is 10.1. The maximum atomic E-state index is 15.0. The van der Waals surface area contributed by atoms with Crippen molar-refractivity contribution in [2.24, 2.45) is 0 Å². The number of halogens is 1. The third-order valence-electron chi connectivity index (χ3n) is 6.78. The largest absolute Gasteiger partial charge is 0.352 e. The van der Waals surface area contributed by atoms with Gasteiger partial charge in [0.15, 0.2) is 0 Å². The molecule has 0 spiro atoms. The summed E-state index contributed by atoms with van der Waals surface area (Å²) >= 11 is 0.